The Kier molecular flexibility index (Phi) is 5.18. The molecule has 126 valence electrons. The van der Waals surface area contributed by atoms with Crippen molar-refractivity contribution in [2.45, 2.75) is 13.8 Å². The average Bonchev–Trinajstić information content (AvgIpc) is 2.56. The Morgan fingerprint density at radius 1 is 1.25 bits per heavy atom. The van der Waals surface area contributed by atoms with Crippen LogP contribution in [0.3, 0.4) is 0 Å². The van der Waals surface area contributed by atoms with E-state index in [0.717, 1.165) is 0 Å². The van der Waals surface area contributed by atoms with Crippen LogP contribution in [0.4, 0.5) is 4.39 Å². The summed E-state index contributed by atoms with van der Waals surface area (Å²) in [6, 6.07) is 6.80. The lowest BCUT2D eigenvalue weighted by Gasteiger charge is -2.17. The third kappa shape index (κ3) is 3.22. The zero-order valence-corrected chi connectivity index (χ0v) is 13.8. The highest BCUT2D eigenvalue weighted by atomic mass is 19.1. The van der Waals surface area contributed by atoms with Crippen molar-refractivity contribution in [1.29, 1.82) is 0 Å². The normalized spacial score (nSPS) is 10.3. The fraction of sp³-hybridized carbons (Fsp3) is 0.222. The van der Waals surface area contributed by atoms with Gasteiger partial charge in [-0.15, -0.1) is 0 Å². The second kappa shape index (κ2) is 7.12. The number of methoxy groups -OCH3 is 1. The van der Waals surface area contributed by atoms with Crippen LogP contribution in [-0.4, -0.2) is 24.3 Å². The maximum atomic E-state index is 13.2. The largest absolute Gasteiger partial charge is 0.494 e. The summed E-state index contributed by atoms with van der Waals surface area (Å²) < 4.78 is 24.6. The van der Waals surface area contributed by atoms with Crippen molar-refractivity contribution in [3.63, 3.8) is 0 Å². The van der Waals surface area contributed by atoms with Crippen molar-refractivity contribution in [3.8, 4) is 5.69 Å². The van der Waals surface area contributed by atoms with Gasteiger partial charge in [-0.1, -0.05) is 6.58 Å². The SMILES string of the molecule is C=C(OCC)c1cc(C(=O)OC)c(=O)n(-c2ccc(F)cc2)c1C. The molecule has 1 aromatic carbocycles. The van der Waals surface area contributed by atoms with Gasteiger partial charge in [0.05, 0.1) is 13.7 Å². The maximum Gasteiger partial charge on any atom is 0.343 e. The van der Waals surface area contributed by atoms with Crippen molar-refractivity contribution in [2.24, 2.45) is 0 Å². The number of pyridine rings is 1. The smallest absolute Gasteiger partial charge is 0.343 e. The van der Waals surface area contributed by atoms with E-state index in [0.29, 0.717) is 29.3 Å². The molecule has 0 fully saturated rings. The number of nitrogens with zero attached hydrogens (tertiary/aromatic N) is 1. The molecule has 0 amide bonds. The number of carbonyl (C=O) groups is 1. The Hall–Kier alpha value is -2.89. The summed E-state index contributed by atoms with van der Waals surface area (Å²) in [4.78, 5) is 24.7. The minimum absolute atomic E-state index is 0.150. The van der Waals surface area contributed by atoms with E-state index in [1.54, 1.807) is 13.8 Å². The number of benzene rings is 1. The molecule has 2 aromatic rings. The monoisotopic (exact) mass is 331 g/mol. The fourth-order valence-corrected chi connectivity index (χ4v) is 2.40. The van der Waals surface area contributed by atoms with Crippen LogP contribution in [0, 0.1) is 12.7 Å². The molecule has 0 N–H and O–H groups in total. The first-order valence-corrected chi connectivity index (χ1v) is 7.33. The van der Waals surface area contributed by atoms with Gasteiger partial charge in [0.25, 0.3) is 5.56 Å². The molecule has 0 spiro atoms. The van der Waals surface area contributed by atoms with E-state index in [2.05, 4.69) is 11.3 Å². The topological polar surface area (TPSA) is 57.5 Å². The lowest BCUT2D eigenvalue weighted by atomic mass is 10.1. The van der Waals surface area contributed by atoms with Gasteiger partial charge in [0.2, 0.25) is 0 Å². The molecule has 0 aliphatic rings. The zero-order chi connectivity index (χ0) is 17.9. The van der Waals surface area contributed by atoms with Gasteiger partial charge < -0.3 is 9.47 Å². The Balaban J connectivity index is 2.78. The van der Waals surface area contributed by atoms with Crippen molar-refractivity contribution in [2.75, 3.05) is 13.7 Å². The minimum atomic E-state index is -0.763. The highest BCUT2D eigenvalue weighted by Crippen LogP contribution is 2.21. The van der Waals surface area contributed by atoms with Crippen LogP contribution < -0.4 is 5.56 Å². The summed E-state index contributed by atoms with van der Waals surface area (Å²) in [6.07, 6.45) is 0. The lowest BCUT2D eigenvalue weighted by molar-refractivity contribution is 0.0598. The Labute approximate surface area is 138 Å². The predicted octanol–water partition coefficient (Wildman–Crippen LogP) is 3.08. The second-order valence-corrected chi connectivity index (χ2v) is 5.02. The van der Waals surface area contributed by atoms with E-state index in [1.165, 1.54) is 42.0 Å². The number of hydrogen-bond donors (Lipinski definition) is 0. The van der Waals surface area contributed by atoms with E-state index in [9.17, 15) is 14.0 Å². The van der Waals surface area contributed by atoms with Crippen LogP contribution in [0.25, 0.3) is 11.4 Å². The first-order valence-electron chi connectivity index (χ1n) is 7.33. The predicted molar refractivity (Wildman–Crippen MR) is 88.7 cm³/mol. The third-order valence-corrected chi connectivity index (χ3v) is 3.56. The van der Waals surface area contributed by atoms with Gasteiger partial charge in [0.15, 0.2) is 0 Å². The van der Waals surface area contributed by atoms with Gasteiger partial charge in [-0.3, -0.25) is 9.36 Å². The molecule has 0 unspecified atom stereocenters. The Morgan fingerprint density at radius 3 is 2.42 bits per heavy atom. The van der Waals surface area contributed by atoms with Gasteiger partial charge in [0.1, 0.15) is 17.1 Å². The summed E-state index contributed by atoms with van der Waals surface area (Å²) in [7, 11) is 1.20. The van der Waals surface area contributed by atoms with Crippen LogP contribution >= 0.6 is 0 Å². The van der Waals surface area contributed by atoms with Crippen LogP contribution in [0.15, 0.2) is 41.7 Å². The van der Waals surface area contributed by atoms with E-state index < -0.39 is 17.3 Å². The number of rotatable bonds is 5. The molecule has 0 saturated carbocycles. The molecule has 0 saturated heterocycles. The molecule has 1 heterocycles. The Bertz CT molecular complexity index is 837. The molecule has 0 aliphatic heterocycles. The van der Waals surface area contributed by atoms with Crippen LogP contribution in [0.2, 0.25) is 0 Å². The fourth-order valence-electron chi connectivity index (χ4n) is 2.40. The molecule has 0 aliphatic carbocycles. The first-order chi connectivity index (χ1) is 11.4. The molecular weight excluding hydrogens is 313 g/mol. The molecule has 0 radical (unpaired) electrons. The molecule has 2 rings (SSSR count). The first kappa shape index (κ1) is 17.5. The molecule has 0 atom stereocenters. The zero-order valence-electron chi connectivity index (χ0n) is 13.8. The molecule has 0 bridgehead atoms. The van der Waals surface area contributed by atoms with Gasteiger partial charge in [-0.2, -0.15) is 0 Å². The molecule has 24 heavy (non-hydrogen) atoms. The van der Waals surface area contributed by atoms with Crippen LogP contribution in [0.1, 0.15) is 28.5 Å². The van der Waals surface area contributed by atoms with E-state index in [1.807, 2.05) is 0 Å². The van der Waals surface area contributed by atoms with Gasteiger partial charge in [-0.05, 0) is 44.2 Å². The standard InChI is InChI=1S/C18H18FNO4/c1-5-24-12(3)15-10-16(18(22)23-4)17(21)20(11(15)2)14-8-6-13(19)7-9-14/h6-10H,3,5H2,1-2,4H3. The molecule has 6 heteroatoms. The van der Waals surface area contributed by atoms with E-state index >= 15 is 0 Å². The average molecular weight is 331 g/mol. The number of esters is 1. The number of ether oxygens (including phenoxy) is 2. The van der Waals surface area contributed by atoms with Gasteiger partial charge in [0, 0.05) is 16.9 Å². The Morgan fingerprint density at radius 2 is 1.88 bits per heavy atom. The summed E-state index contributed by atoms with van der Waals surface area (Å²) in [5, 5.41) is 0. The van der Waals surface area contributed by atoms with Crippen LogP contribution in [0.5, 0.6) is 0 Å². The highest BCUT2D eigenvalue weighted by Gasteiger charge is 2.20. The summed E-state index contributed by atoms with van der Waals surface area (Å²) in [5.74, 6) is -0.857. The highest BCUT2D eigenvalue weighted by molar-refractivity contribution is 5.90. The second-order valence-electron chi connectivity index (χ2n) is 5.02. The summed E-state index contributed by atoms with van der Waals surface area (Å²) in [6.45, 7) is 7.72. The number of aromatic nitrogens is 1. The minimum Gasteiger partial charge on any atom is -0.494 e. The number of halogens is 1. The number of carbonyl (C=O) groups excluding carboxylic acids is 1. The third-order valence-electron chi connectivity index (χ3n) is 3.56. The molecule has 5 nitrogen and oxygen atoms in total. The van der Waals surface area contributed by atoms with Crippen molar-refractivity contribution in [3.05, 3.63) is 69.9 Å². The summed E-state index contributed by atoms with van der Waals surface area (Å²) >= 11 is 0. The van der Waals surface area contributed by atoms with Crippen LogP contribution in [-0.2, 0) is 9.47 Å². The van der Waals surface area contributed by atoms with Crippen molar-refractivity contribution < 1.29 is 18.7 Å². The lowest BCUT2D eigenvalue weighted by Crippen LogP contribution is -2.28. The van der Waals surface area contributed by atoms with Crippen molar-refractivity contribution in [1.82, 2.24) is 4.57 Å². The quantitative estimate of drug-likeness (QED) is 0.624. The van der Waals surface area contributed by atoms with Crippen molar-refractivity contribution >= 4 is 11.7 Å². The number of hydrogen-bond acceptors (Lipinski definition) is 4. The van der Waals surface area contributed by atoms with E-state index in [-0.39, 0.29) is 5.56 Å². The summed E-state index contributed by atoms with van der Waals surface area (Å²) in [5.41, 5.74) is 0.747. The van der Waals surface area contributed by atoms with Gasteiger partial charge >= 0.3 is 5.97 Å². The molecule has 1 aromatic heterocycles. The van der Waals surface area contributed by atoms with E-state index in [4.69, 9.17) is 4.74 Å². The maximum absolute atomic E-state index is 13.2. The molecular formula is C18H18FNO4. The van der Waals surface area contributed by atoms with Gasteiger partial charge in [-0.25, -0.2) is 9.18 Å².